The van der Waals surface area contributed by atoms with Gasteiger partial charge in [0.15, 0.2) is 0 Å². The molecule has 0 spiro atoms. The molecule has 0 saturated carbocycles. The van der Waals surface area contributed by atoms with Crippen LogP contribution in [0.2, 0.25) is 5.02 Å². The van der Waals surface area contributed by atoms with Crippen molar-refractivity contribution in [2.45, 2.75) is 27.2 Å². The van der Waals surface area contributed by atoms with Crippen molar-refractivity contribution in [2.24, 2.45) is 11.8 Å². The summed E-state index contributed by atoms with van der Waals surface area (Å²) >= 11 is 6.15. The molecule has 5 heteroatoms. The predicted molar refractivity (Wildman–Crippen MR) is 82.3 cm³/mol. The molecule has 0 radical (unpaired) electrons. The summed E-state index contributed by atoms with van der Waals surface area (Å²) in [5.41, 5.74) is 0.568. The summed E-state index contributed by atoms with van der Waals surface area (Å²) in [5.74, 6) is 1.76. The first-order valence-corrected chi connectivity index (χ1v) is 7.57. The van der Waals surface area contributed by atoms with Crippen LogP contribution in [-0.4, -0.2) is 35.4 Å². The topological polar surface area (TPSA) is 45.2 Å². The Bertz CT molecular complexity index is 482. The third kappa shape index (κ3) is 3.42. The fourth-order valence-electron chi connectivity index (χ4n) is 2.86. The summed E-state index contributed by atoms with van der Waals surface area (Å²) in [7, 11) is 0. The van der Waals surface area contributed by atoms with Crippen molar-refractivity contribution in [3.63, 3.8) is 0 Å². The first kappa shape index (κ1) is 15.1. The SMILES string of the molecule is CCNc1ncc(C(=O)N2CC(C)CC(C)C2)cc1Cl. The minimum absolute atomic E-state index is 0.0286. The van der Waals surface area contributed by atoms with Crippen LogP contribution in [0.3, 0.4) is 0 Å². The average molecular weight is 296 g/mol. The van der Waals surface area contributed by atoms with E-state index in [1.54, 1.807) is 12.3 Å². The van der Waals surface area contributed by atoms with Gasteiger partial charge in [0.2, 0.25) is 0 Å². The zero-order valence-corrected chi connectivity index (χ0v) is 13.1. The van der Waals surface area contributed by atoms with Crippen molar-refractivity contribution >= 4 is 23.3 Å². The van der Waals surface area contributed by atoms with Crippen LogP contribution >= 0.6 is 11.6 Å². The molecule has 1 aromatic heterocycles. The maximum Gasteiger partial charge on any atom is 0.255 e. The molecule has 0 aliphatic carbocycles. The van der Waals surface area contributed by atoms with Gasteiger partial charge in [-0.25, -0.2) is 4.98 Å². The van der Waals surface area contributed by atoms with E-state index in [1.165, 1.54) is 6.42 Å². The number of rotatable bonds is 3. The van der Waals surface area contributed by atoms with Gasteiger partial charge in [0.25, 0.3) is 5.91 Å². The molecule has 1 amide bonds. The van der Waals surface area contributed by atoms with E-state index in [1.807, 2.05) is 11.8 Å². The van der Waals surface area contributed by atoms with Crippen molar-refractivity contribution in [1.29, 1.82) is 0 Å². The van der Waals surface area contributed by atoms with Gasteiger partial charge in [0.1, 0.15) is 5.82 Å². The molecule has 1 aliphatic rings. The first-order valence-electron chi connectivity index (χ1n) is 7.20. The largest absolute Gasteiger partial charge is 0.369 e. The zero-order chi connectivity index (χ0) is 14.7. The molecule has 0 aromatic carbocycles. The van der Waals surface area contributed by atoms with Gasteiger partial charge in [0.05, 0.1) is 10.6 Å². The minimum atomic E-state index is 0.0286. The predicted octanol–water partition coefficient (Wildman–Crippen LogP) is 3.28. The van der Waals surface area contributed by atoms with Crippen molar-refractivity contribution in [1.82, 2.24) is 9.88 Å². The smallest absolute Gasteiger partial charge is 0.255 e. The van der Waals surface area contributed by atoms with Gasteiger partial charge < -0.3 is 10.2 Å². The summed E-state index contributed by atoms with van der Waals surface area (Å²) in [5, 5.41) is 3.56. The second-order valence-corrected chi connectivity index (χ2v) is 6.15. The van der Waals surface area contributed by atoms with E-state index in [0.29, 0.717) is 28.2 Å². The number of pyridine rings is 1. The standard InChI is InChI=1S/C15H22ClN3O/c1-4-17-14-13(16)6-12(7-18-14)15(20)19-8-10(2)5-11(3)9-19/h6-7,10-11H,4-5,8-9H2,1-3H3,(H,17,18). The highest BCUT2D eigenvalue weighted by Crippen LogP contribution is 2.24. The van der Waals surface area contributed by atoms with Crippen LogP contribution in [-0.2, 0) is 0 Å². The van der Waals surface area contributed by atoms with E-state index in [-0.39, 0.29) is 5.91 Å². The number of amides is 1. The van der Waals surface area contributed by atoms with Crippen molar-refractivity contribution < 1.29 is 4.79 Å². The molecule has 2 atom stereocenters. The Balaban J connectivity index is 2.14. The molecule has 2 rings (SSSR count). The van der Waals surface area contributed by atoms with Crippen molar-refractivity contribution in [2.75, 3.05) is 25.0 Å². The normalized spacial score (nSPS) is 22.7. The van der Waals surface area contributed by atoms with Gasteiger partial charge in [-0.1, -0.05) is 25.4 Å². The summed E-state index contributed by atoms with van der Waals surface area (Å²) in [4.78, 5) is 18.7. The maximum atomic E-state index is 12.5. The second-order valence-electron chi connectivity index (χ2n) is 5.74. The Hall–Kier alpha value is -1.29. The Morgan fingerprint density at radius 2 is 2.10 bits per heavy atom. The molecular weight excluding hydrogens is 274 g/mol. The van der Waals surface area contributed by atoms with Gasteiger partial charge in [-0.15, -0.1) is 0 Å². The van der Waals surface area contributed by atoms with Crippen LogP contribution in [0, 0.1) is 11.8 Å². The Labute approximate surface area is 125 Å². The van der Waals surface area contributed by atoms with Crippen LogP contribution in [0.25, 0.3) is 0 Å². The highest BCUT2D eigenvalue weighted by molar-refractivity contribution is 6.33. The van der Waals surface area contributed by atoms with Gasteiger partial charge in [-0.3, -0.25) is 4.79 Å². The third-order valence-electron chi connectivity index (χ3n) is 3.59. The molecule has 4 nitrogen and oxygen atoms in total. The fourth-order valence-corrected chi connectivity index (χ4v) is 3.10. The lowest BCUT2D eigenvalue weighted by Crippen LogP contribution is -2.42. The van der Waals surface area contributed by atoms with Crippen molar-refractivity contribution in [3.8, 4) is 0 Å². The molecule has 2 unspecified atom stereocenters. The number of hydrogen-bond acceptors (Lipinski definition) is 3. The number of halogens is 1. The number of carbonyl (C=O) groups is 1. The van der Waals surface area contributed by atoms with Crippen LogP contribution in [0.4, 0.5) is 5.82 Å². The summed E-state index contributed by atoms with van der Waals surface area (Å²) < 4.78 is 0. The monoisotopic (exact) mass is 295 g/mol. The number of aromatic nitrogens is 1. The van der Waals surface area contributed by atoms with Crippen LogP contribution < -0.4 is 5.32 Å². The molecule has 2 heterocycles. The molecule has 0 bridgehead atoms. The number of hydrogen-bond donors (Lipinski definition) is 1. The van der Waals surface area contributed by atoms with E-state index in [4.69, 9.17) is 11.6 Å². The Morgan fingerprint density at radius 3 is 2.65 bits per heavy atom. The number of nitrogens with zero attached hydrogens (tertiary/aromatic N) is 2. The number of nitrogens with one attached hydrogen (secondary N) is 1. The van der Waals surface area contributed by atoms with Gasteiger partial charge in [-0.2, -0.15) is 0 Å². The first-order chi connectivity index (χ1) is 9.51. The Kier molecular flexibility index (Phi) is 4.86. The average Bonchev–Trinajstić information content (AvgIpc) is 2.39. The van der Waals surface area contributed by atoms with E-state index >= 15 is 0 Å². The molecule has 1 aromatic rings. The number of piperidine rings is 1. The van der Waals surface area contributed by atoms with E-state index in [0.717, 1.165) is 19.6 Å². The van der Waals surface area contributed by atoms with Gasteiger partial charge >= 0.3 is 0 Å². The molecule has 1 fully saturated rings. The number of carbonyl (C=O) groups excluding carboxylic acids is 1. The van der Waals surface area contributed by atoms with Gasteiger partial charge in [-0.05, 0) is 31.2 Å². The summed E-state index contributed by atoms with van der Waals surface area (Å²) in [6.07, 6.45) is 2.79. The molecule has 1 N–H and O–H groups in total. The molecule has 1 aliphatic heterocycles. The fraction of sp³-hybridized carbons (Fsp3) is 0.600. The Morgan fingerprint density at radius 1 is 1.45 bits per heavy atom. The highest BCUT2D eigenvalue weighted by Gasteiger charge is 2.26. The lowest BCUT2D eigenvalue weighted by molar-refractivity contribution is 0.0623. The quantitative estimate of drug-likeness (QED) is 0.931. The van der Waals surface area contributed by atoms with Crippen LogP contribution in [0.15, 0.2) is 12.3 Å². The lowest BCUT2D eigenvalue weighted by atomic mass is 9.91. The van der Waals surface area contributed by atoms with Gasteiger partial charge in [0, 0.05) is 25.8 Å². The van der Waals surface area contributed by atoms with E-state index in [2.05, 4.69) is 24.1 Å². The second kappa shape index (κ2) is 6.44. The molecule has 20 heavy (non-hydrogen) atoms. The number of anilines is 1. The molecule has 1 saturated heterocycles. The van der Waals surface area contributed by atoms with Crippen LogP contribution in [0.1, 0.15) is 37.6 Å². The molecule has 110 valence electrons. The van der Waals surface area contributed by atoms with E-state index in [9.17, 15) is 4.79 Å². The highest BCUT2D eigenvalue weighted by atomic mass is 35.5. The van der Waals surface area contributed by atoms with Crippen molar-refractivity contribution in [3.05, 3.63) is 22.8 Å². The maximum absolute atomic E-state index is 12.5. The summed E-state index contributed by atoms with van der Waals surface area (Å²) in [6.45, 7) is 8.74. The zero-order valence-electron chi connectivity index (χ0n) is 12.3. The minimum Gasteiger partial charge on any atom is -0.369 e. The van der Waals surface area contributed by atoms with Crippen LogP contribution in [0.5, 0.6) is 0 Å². The van der Waals surface area contributed by atoms with E-state index < -0.39 is 0 Å². The summed E-state index contributed by atoms with van der Waals surface area (Å²) in [6, 6.07) is 1.71. The number of likely N-dealkylation sites (tertiary alicyclic amines) is 1. The lowest BCUT2D eigenvalue weighted by Gasteiger charge is -2.35. The third-order valence-corrected chi connectivity index (χ3v) is 3.88. The molecular formula is C15H22ClN3O.